The summed E-state index contributed by atoms with van der Waals surface area (Å²) in [5.41, 5.74) is 6.97. The second kappa shape index (κ2) is 5.05. The van der Waals surface area contributed by atoms with Crippen molar-refractivity contribution >= 4 is 5.96 Å². The van der Waals surface area contributed by atoms with Gasteiger partial charge in [0.2, 0.25) is 0 Å². The maximum atomic E-state index is 5.80. The molecular formula is C12H20N4. The lowest BCUT2D eigenvalue weighted by molar-refractivity contribution is 0.315. The van der Waals surface area contributed by atoms with Crippen molar-refractivity contribution in [1.82, 2.24) is 9.88 Å². The van der Waals surface area contributed by atoms with Gasteiger partial charge in [-0.1, -0.05) is 6.42 Å². The molecule has 1 aliphatic rings. The molecule has 88 valence electrons. The van der Waals surface area contributed by atoms with Gasteiger partial charge in [-0.2, -0.15) is 0 Å². The van der Waals surface area contributed by atoms with Crippen molar-refractivity contribution in [2.75, 3.05) is 6.54 Å². The van der Waals surface area contributed by atoms with E-state index in [1.807, 2.05) is 19.3 Å². The largest absolute Gasteiger partial charge is 0.370 e. The Morgan fingerprint density at radius 1 is 1.62 bits per heavy atom. The van der Waals surface area contributed by atoms with E-state index in [0.29, 0.717) is 12.5 Å². The Kier molecular flexibility index (Phi) is 3.49. The van der Waals surface area contributed by atoms with Gasteiger partial charge in [-0.15, -0.1) is 0 Å². The third-order valence-corrected chi connectivity index (χ3v) is 3.26. The Morgan fingerprint density at radius 2 is 2.44 bits per heavy atom. The number of nitrogens with one attached hydrogen (secondary N) is 1. The monoisotopic (exact) mass is 220 g/mol. The molecule has 0 amide bonds. The van der Waals surface area contributed by atoms with Crippen LogP contribution in [0, 0.1) is 5.92 Å². The minimum absolute atomic E-state index is 0.563. The molecule has 16 heavy (non-hydrogen) atoms. The molecule has 0 spiro atoms. The van der Waals surface area contributed by atoms with Crippen molar-refractivity contribution in [3.05, 3.63) is 24.0 Å². The molecule has 0 atom stereocenters. The predicted molar refractivity (Wildman–Crippen MR) is 66.1 cm³/mol. The van der Waals surface area contributed by atoms with Crippen LogP contribution < -0.4 is 11.1 Å². The lowest BCUT2D eigenvalue weighted by atomic mass is 9.85. The fraction of sp³-hybridized carbons (Fsp3) is 0.583. The van der Waals surface area contributed by atoms with E-state index in [0.717, 1.165) is 12.5 Å². The average molecular weight is 220 g/mol. The highest BCUT2D eigenvalue weighted by Crippen LogP contribution is 2.24. The summed E-state index contributed by atoms with van der Waals surface area (Å²) in [6, 6.07) is 4.07. The van der Waals surface area contributed by atoms with Crippen LogP contribution in [0.2, 0.25) is 0 Å². The normalized spacial score (nSPS) is 17.2. The summed E-state index contributed by atoms with van der Waals surface area (Å²) in [5.74, 6) is 1.37. The molecule has 1 heterocycles. The smallest absolute Gasteiger partial charge is 0.188 e. The molecule has 0 bridgehead atoms. The van der Waals surface area contributed by atoms with Crippen LogP contribution in [0.25, 0.3) is 0 Å². The van der Waals surface area contributed by atoms with Crippen LogP contribution in [0.1, 0.15) is 25.0 Å². The van der Waals surface area contributed by atoms with Crippen molar-refractivity contribution in [3.8, 4) is 0 Å². The van der Waals surface area contributed by atoms with Crippen LogP contribution in [0.5, 0.6) is 0 Å². The number of guanidine groups is 1. The zero-order chi connectivity index (χ0) is 11.4. The van der Waals surface area contributed by atoms with Gasteiger partial charge in [0.1, 0.15) is 0 Å². The second-order valence-corrected chi connectivity index (χ2v) is 4.49. The van der Waals surface area contributed by atoms with E-state index in [-0.39, 0.29) is 0 Å². The first-order valence-electron chi connectivity index (χ1n) is 5.89. The molecule has 0 aromatic carbocycles. The number of nitrogens with zero attached hydrogens (tertiary/aromatic N) is 2. The molecule has 1 aliphatic carbocycles. The minimum atomic E-state index is 0.563. The fourth-order valence-corrected chi connectivity index (χ4v) is 1.83. The number of rotatable bonds is 4. The van der Waals surface area contributed by atoms with Crippen LogP contribution in [0.15, 0.2) is 23.3 Å². The van der Waals surface area contributed by atoms with Gasteiger partial charge in [0.15, 0.2) is 5.96 Å². The number of hydrogen-bond acceptors (Lipinski definition) is 1. The van der Waals surface area contributed by atoms with Crippen LogP contribution in [0.3, 0.4) is 0 Å². The Hall–Kier alpha value is -1.45. The highest BCUT2D eigenvalue weighted by molar-refractivity contribution is 5.77. The third-order valence-electron chi connectivity index (χ3n) is 3.26. The molecule has 0 unspecified atom stereocenters. The first kappa shape index (κ1) is 11.0. The van der Waals surface area contributed by atoms with Gasteiger partial charge in [0.25, 0.3) is 0 Å². The topological polar surface area (TPSA) is 55.3 Å². The van der Waals surface area contributed by atoms with Crippen molar-refractivity contribution in [1.29, 1.82) is 0 Å². The van der Waals surface area contributed by atoms with Gasteiger partial charge < -0.3 is 15.6 Å². The maximum Gasteiger partial charge on any atom is 0.188 e. The van der Waals surface area contributed by atoms with Gasteiger partial charge in [-0.05, 0) is 30.9 Å². The molecule has 1 fully saturated rings. The highest BCUT2D eigenvalue weighted by Gasteiger charge is 2.16. The fourth-order valence-electron chi connectivity index (χ4n) is 1.83. The van der Waals surface area contributed by atoms with Gasteiger partial charge in [-0.3, -0.25) is 0 Å². The van der Waals surface area contributed by atoms with E-state index in [1.165, 1.54) is 25.0 Å². The van der Waals surface area contributed by atoms with Gasteiger partial charge >= 0.3 is 0 Å². The third kappa shape index (κ3) is 2.78. The number of aliphatic imine (C=N–C) groups is 1. The van der Waals surface area contributed by atoms with Crippen LogP contribution in [-0.2, 0) is 13.6 Å². The number of nitrogens with two attached hydrogens (primary N) is 1. The van der Waals surface area contributed by atoms with Crippen molar-refractivity contribution in [2.45, 2.75) is 25.8 Å². The zero-order valence-corrected chi connectivity index (χ0v) is 9.82. The van der Waals surface area contributed by atoms with E-state index < -0.39 is 0 Å². The summed E-state index contributed by atoms with van der Waals surface area (Å²) in [6.07, 6.45) is 6.05. The van der Waals surface area contributed by atoms with Gasteiger partial charge in [0, 0.05) is 25.5 Å². The molecule has 4 nitrogen and oxygen atoms in total. The Morgan fingerprint density at radius 3 is 3.00 bits per heavy atom. The van der Waals surface area contributed by atoms with Gasteiger partial charge in [0.05, 0.1) is 6.54 Å². The standard InChI is InChI=1S/C12H20N4/c1-16-7-3-6-11(16)9-15-12(13)14-8-10-4-2-5-10/h3,6-7,10H,2,4-5,8-9H2,1H3,(H3,13,14,15). The summed E-state index contributed by atoms with van der Waals surface area (Å²) < 4.78 is 2.06. The second-order valence-electron chi connectivity index (χ2n) is 4.49. The first-order chi connectivity index (χ1) is 7.75. The molecule has 1 saturated carbocycles. The summed E-state index contributed by atoms with van der Waals surface area (Å²) >= 11 is 0. The van der Waals surface area contributed by atoms with E-state index in [4.69, 9.17) is 5.73 Å². The molecule has 0 saturated heterocycles. The Balaban J connectivity index is 1.75. The van der Waals surface area contributed by atoms with Crippen LogP contribution in [-0.4, -0.2) is 17.1 Å². The number of hydrogen-bond donors (Lipinski definition) is 2. The number of aryl methyl sites for hydroxylation is 1. The zero-order valence-electron chi connectivity index (χ0n) is 9.82. The average Bonchev–Trinajstić information content (AvgIpc) is 2.59. The Labute approximate surface area is 96.5 Å². The minimum Gasteiger partial charge on any atom is -0.370 e. The molecule has 0 radical (unpaired) electrons. The first-order valence-corrected chi connectivity index (χ1v) is 5.89. The molecule has 0 aliphatic heterocycles. The van der Waals surface area contributed by atoms with E-state index in [9.17, 15) is 0 Å². The van der Waals surface area contributed by atoms with Crippen LogP contribution in [0.4, 0.5) is 0 Å². The highest BCUT2D eigenvalue weighted by atomic mass is 15.1. The summed E-state index contributed by atoms with van der Waals surface area (Å²) in [5, 5.41) is 3.18. The molecule has 3 N–H and O–H groups in total. The molecule has 4 heteroatoms. The SMILES string of the molecule is Cn1cccc1CN=C(N)NCC1CCC1. The van der Waals surface area contributed by atoms with E-state index in [1.54, 1.807) is 0 Å². The van der Waals surface area contributed by atoms with E-state index >= 15 is 0 Å². The quantitative estimate of drug-likeness (QED) is 0.592. The molecular weight excluding hydrogens is 200 g/mol. The number of aromatic nitrogens is 1. The Bertz CT molecular complexity index is 363. The van der Waals surface area contributed by atoms with E-state index in [2.05, 4.69) is 20.9 Å². The maximum absolute atomic E-state index is 5.80. The molecule has 1 aromatic heterocycles. The summed E-state index contributed by atoms with van der Waals surface area (Å²) in [6.45, 7) is 1.62. The lowest BCUT2D eigenvalue weighted by Crippen LogP contribution is -2.37. The molecule has 1 aromatic rings. The van der Waals surface area contributed by atoms with Crippen molar-refractivity contribution in [3.63, 3.8) is 0 Å². The van der Waals surface area contributed by atoms with Crippen LogP contribution >= 0.6 is 0 Å². The summed E-state index contributed by atoms with van der Waals surface area (Å²) in [4.78, 5) is 4.32. The van der Waals surface area contributed by atoms with Gasteiger partial charge in [-0.25, -0.2) is 4.99 Å². The molecule has 2 rings (SSSR count). The van der Waals surface area contributed by atoms with Crippen molar-refractivity contribution < 1.29 is 0 Å². The summed E-state index contributed by atoms with van der Waals surface area (Å²) in [7, 11) is 2.02. The lowest BCUT2D eigenvalue weighted by Gasteiger charge is -2.25. The van der Waals surface area contributed by atoms with Crippen molar-refractivity contribution in [2.24, 2.45) is 23.7 Å². The predicted octanol–water partition coefficient (Wildman–Crippen LogP) is 1.23.